The van der Waals surface area contributed by atoms with E-state index in [1.165, 1.54) is 33.1 Å². The van der Waals surface area contributed by atoms with Crippen LogP contribution in [0.15, 0.2) is 71.1 Å². The van der Waals surface area contributed by atoms with E-state index in [0.29, 0.717) is 11.5 Å². The van der Waals surface area contributed by atoms with Crippen molar-refractivity contribution in [1.29, 1.82) is 0 Å². The SMILES string of the molecule is COc1ccc(-c2csc(NN=Cc3ccc4c(c3)c3ccccc3n4C)n2)cc1OC. The Bertz CT molecular complexity index is 1450. The number of thiazole rings is 1. The number of hydrogen-bond acceptors (Lipinski definition) is 6. The highest BCUT2D eigenvalue weighted by molar-refractivity contribution is 7.14. The molecule has 2 heterocycles. The molecule has 0 amide bonds. The van der Waals surface area contributed by atoms with Crippen LogP contribution in [-0.4, -0.2) is 30.0 Å². The Morgan fingerprint density at radius 3 is 2.59 bits per heavy atom. The van der Waals surface area contributed by atoms with Crippen molar-refractivity contribution in [3.05, 3.63) is 71.6 Å². The third kappa shape index (κ3) is 3.56. The number of fused-ring (bicyclic) bond motifs is 3. The standard InChI is InChI=1S/C25H22N4O2S/c1-29-21-7-5-4-6-18(21)19-12-16(8-10-22(19)29)14-26-28-25-27-20(15-32-25)17-9-11-23(30-2)24(13-17)31-3/h4-15H,1-3H3,(H,27,28). The Kier molecular flexibility index (Phi) is 5.25. The number of methoxy groups -OCH3 is 2. The van der Waals surface area contributed by atoms with E-state index in [4.69, 9.17) is 9.47 Å². The second-order valence-corrected chi connectivity index (χ2v) is 8.19. The fraction of sp³-hybridized carbons (Fsp3) is 0.120. The van der Waals surface area contributed by atoms with Gasteiger partial charge in [0.05, 0.1) is 26.1 Å². The molecule has 2 aromatic heterocycles. The molecule has 0 fully saturated rings. The molecular weight excluding hydrogens is 420 g/mol. The lowest BCUT2D eigenvalue weighted by molar-refractivity contribution is 0.355. The molecule has 0 radical (unpaired) electrons. The van der Waals surface area contributed by atoms with Crippen LogP contribution in [0.5, 0.6) is 11.5 Å². The number of anilines is 1. The molecule has 0 aliphatic carbocycles. The first kappa shape index (κ1) is 20.1. The first-order valence-corrected chi connectivity index (χ1v) is 11.0. The quantitative estimate of drug-likeness (QED) is 0.262. The van der Waals surface area contributed by atoms with E-state index in [0.717, 1.165) is 22.0 Å². The van der Waals surface area contributed by atoms with Gasteiger partial charge in [-0.05, 0) is 42.0 Å². The van der Waals surface area contributed by atoms with Crippen LogP contribution in [0.2, 0.25) is 0 Å². The van der Waals surface area contributed by atoms with Gasteiger partial charge in [0.2, 0.25) is 5.13 Å². The highest BCUT2D eigenvalue weighted by Gasteiger charge is 2.10. The zero-order valence-corrected chi connectivity index (χ0v) is 18.8. The van der Waals surface area contributed by atoms with Gasteiger partial charge in [0.25, 0.3) is 0 Å². The van der Waals surface area contributed by atoms with Gasteiger partial charge < -0.3 is 14.0 Å². The van der Waals surface area contributed by atoms with Gasteiger partial charge in [-0.1, -0.05) is 24.3 Å². The summed E-state index contributed by atoms with van der Waals surface area (Å²) in [5.74, 6) is 1.37. The Morgan fingerprint density at radius 2 is 1.75 bits per heavy atom. The molecule has 160 valence electrons. The van der Waals surface area contributed by atoms with E-state index in [1.54, 1.807) is 14.2 Å². The molecule has 5 aromatic rings. The molecule has 0 aliphatic heterocycles. The second kappa shape index (κ2) is 8.36. The summed E-state index contributed by atoms with van der Waals surface area (Å²) in [5.41, 5.74) is 8.30. The van der Waals surface area contributed by atoms with Gasteiger partial charge in [0.1, 0.15) is 0 Å². The maximum absolute atomic E-state index is 5.39. The molecular formula is C25H22N4O2S. The normalized spacial score (nSPS) is 11.5. The summed E-state index contributed by atoms with van der Waals surface area (Å²) in [6.45, 7) is 0. The summed E-state index contributed by atoms with van der Waals surface area (Å²) in [4.78, 5) is 4.63. The van der Waals surface area contributed by atoms with Crippen LogP contribution < -0.4 is 14.9 Å². The van der Waals surface area contributed by atoms with Crippen molar-refractivity contribution in [1.82, 2.24) is 9.55 Å². The topological polar surface area (TPSA) is 60.7 Å². The molecule has 0 unspecified atom stereocenters. The number of ether oxygens (including phenoxy) is 2. The maximum Gasteiger partial charge on any atom is 0.203 e. The van der Waals surface area contributed by atoms with Crippen LogP contribution in [0.4, 0.5) is 5.13 Å². The van der Waals surface area contributed by atoms with Crippen molar-refractivity contribution in [3.63, 3.8) is 0 Å². The zero-order chi connectivity index (χ0) is 22.1. The largest absolute Gasteiger partial charge is 0.493 e. The number of aryl methyl sites for hydroxylation is 1. The molecule has 6 nitrogen and oxygen atoms in total. The van der Waals surface area contributed by atoms with Crippen LogP contribution in [0, 0.1) is 0 Å². The van der Waals surface area contributed by atoms with Gasteiger partial charge in [-0.15, -0.1) is 11.3 Å². The lowest BCUT2D eigenvalue weighted by Crippen LogP contribution is -1.92. The molecule has 1 N–H and O–H groups in total. The number of hydrogen-bond donors (Lipinski definition) is 1. The van der Waals surface area contributed by atoms with Gasteiger partial charge >= 0.3 is 0 Å². The van der Waals surface area contributed by atoms with Gasteiger partial charge in [-0.25, -0.2) is 4.98 Å². The summed E-state index contributed by atoms with van der Waals surface area (Å²) >= 11 is 1.50. The van der Waals surface area contributed by atoms with E-state index in [-0.39, 0.29) is 0 Å². The summed E-state index contributed by atoms with van der Waals surface area (Å²) in [6, 6.07) is 20.6. The number of rotatable bonds is 6. The number of nitrogens with zero attached hydrogens (tertiary/aromatic N) is 3. The number of aromatic nitrogens is 2. The van der Waals surface area contributed by atoms with Crippen molar-refractivity contribution in [3.8, 4) is 22.8 Å². The van der Waals surface area contributed by atoms with Crippen molar-refractivity contribution >= 4 is 44.5 Å². The molecule has 0 spiro atoms. The van der Waals surface area contributed by atoms with Crippen LogP contribution in [0.1, 0.15) is 5.56 Å². The third-order valence-corrected chi connectivity index (χ3v) is 6.24. The van der Waals surface area contributed by atoms with Crippen LogP contribution in [0.3, 0.4) is 0 Å². The van der Waals surface area contributed by atoms with E-state index in [1.807, 2.05) is 29.8 Å². The van der Waals surface area contributed by atoms with Crippen molar-refractivity contribution < 1.29 is 9.47 Å². The van der Waals surface area contributed by atoms with Gasteiger partial charge in [0.15, 0.2) is 11.5 Å². The van der Waals surface area contributed by atoms with E-state index < -0.39 is 0 Å². The van der Waals surface area contributed by atoms with Crippen molar-refractivity contribution in [2.75, 3.05) is 19.6 Å². The highest BCUT2D eigenvalue weighted by Crippen LogP contribution is 2.33. The molecule has 0 saturated heterocycles. The fourth-order valence-corrected chi connectivity index (χ4v) is 4.55. The summed E-state index contributed by atoms with van der Waals surface area (Å²) in [5, 5.41) is 9.56. The summed E-state index contributed by atoms with van der Waals surface area (Å²) in [7, 11) is 5.34. The molecule has 0 aliphatic rings. The number of para-hydroxylation sites is 1. The minimum absolute atomic E-state index is 0.675. The van der Waals surface area contributed by atoms with Gasteiger partial charge in [-0.3, -0.25) is 5.43 Å². The molecule has 0 bridgehead atoms. The number of benzene rings is 3. The van der Waals surface area contributed by atoms with E-state index in [9.17, 15) is 0 Å². The minimum atomic E-state index is 0.675. The summed E-state index contributed by atoms with van der Waals surface area (Å²) in [6.07, 6.45) is 1.82. The fourth-order valence-electron chi connectivity index (χ4n) is 3.88. The lowest BCUT2D eigenvalue weighted by Gasteiger charge is -2.08. The van der Waals surface area contributed by atoms with Crippen molar-refractivity contribution in [2.45, 2.75) is 0 Å². The predicted octanol–water partition coefficient (Wildman–Crippen LogP) is 5.92. The minimum Gasteiger partial charge on any atom is -0.493 e. The van der Waals surface area contributed by atoms with Crippen molar-refractivity contribution in [2.24, 2.45) is 12.1 Å². The lowest BCUT2D eigenvalue weighted by atomic mass is 10.1. The molecule has 7 heteroatoms. The average molecular weight is 443 g/mol. The first-order valence-electron chi connectivity index (χ1n) is 10.1. The van der Waals surface area contributed by atoms with Gasteiger partial charge in [0, 0.05) is 39.8 Å². The highest BCUT2D eigenvalue weighted by atomic mass is 32.1. The third-order valence-electron chi connectivity index (χ3n) is 5.49. The molecule has 32 heavy (non-hydrogen) atoms. The smallest absolute Gasteiger partial charge is 0.203 e. The molecule has 5 rings (SSSR count). The Balaban J connectivity index is 1.35. The molecule has 0 saturated carbocycles. The molecule has 3 aromatic carbocycles. The molecule has 0 atom stereocenters. The summed E-state index contributed by atoms with van der Waals surface area (Å²) < 4.78 is 12.9. The predicted molar refractivity (Wildman–Crippen MR) is 132 cm³/mol. The Hall–Kier alpha value is -3.84. The number of hydrazone groups is 1. The Morgan fingerprint density at radius 1 is 0.938 bits per heavy atom. The number of nitrogens with one attached hydrogen (secondary N) is 1. The van der Waals surface area contributed by atoms with Gasteiger partial charge in [-0.2, -0.15) is 5.10 Å². The maximum atomic E-state index is 5.39. The van der Waals surface area contributed by atoms with Crippen LogP contribution in [0.25, 0.3) is 33.1 Å². The average Bonchev–Trinajstić information content (AvgIpc) is 3.42. The first-order chi connectivity index (χ1) is 15.7. The van der Waals surface area contributed by atoms with Crippen LogP contribution in [-0.2, 0) is 7.05 Å². The van der Waals surface area contributed by atoms with E-state index in [2.05, 4.69) is 69.6 Å². The zero-order valence-electron chi connectivity index (χ0n) is 18.0. The Labute approximate surface area is 189 Å². The van der Waals surface area contributed by atoms with Crippen LogP contribution >= 0.6 is 11.3 Å². The van der Waals surface area contributed by atoms with E-state index >= 15 is 0 Å². The monoisotopic (exact) mass is 442 g/mol. The second-order valence-electron chi connectivity index (χ2n) is 7.33.